The van der Waals surface area contributed by atoms with E-state index in [-0.39, 0.29) is 0 Å². The van der Waals surface area contributed by atoms with Gasteiger partial charge < -0.3 is 0 Å². The molecule has 4 aromatic rings. The lowest BCUT2D eigenvalue weighted by Crippen LogP contribution is -2.03. The van der Waals surface area contributed by atoms with Crippen LogP contribution < -0.4 is 0 Å². The fraction of sp³-hybridized carbons (Fsp3) is 0.174. The molecule has 1 heteroatoms. The molecular weight excluding hydrogens is 290 g/mol. The van der Waals surface area contributed by atoms with Crippen LogP contribution in [-0.2, 0) is 6.42 Å². The maximum Gasteiger partial charge on any atom is 0.0704 e. The summed E-state index contributed by atoms with van der Waals surface area (Å²) < 4.78 is 0. The summed E-state index contributed by atoms with van der Waals surface area (Å²) in [6.07, 6.45) is 4.12. The summed E-state index contributed by atoms with van der Waals surface area (Å²) in [6, 6.07) is 26.0. The maximum atomic E-state index is 4.50. The van der Waals surface area contributed by atoms with E-state index in [1.807, 2.05) is 6.20 Å². The summed E-state index contributed by atoms with van der Waals surface area (Å²) in [5, 5.41) is 3.98. The number of aromatic nitrogens is 1. The zero-order chi connectivity index (χ0) is 16.4. The van der Waals surface area contributed by atoms with E-state index in [2.05, 4.69) is 84.7 Å². The molecule has 3 aromatic carbocycles. The molecule has 1 nitrogen and oxygen atoms in total. The van der Waals surface area contributed by atoms with Crippen LogP contribution in [-0.4, -0.2) is 4.98 Å². The number of rotatable bonds is 4. The standard InChI is InChI=1S/C23H21N/c1-2-17(20-12-7-9-18-8-3-4-10-21(18)20)16-19-14-15-24-23-13-6-5-11-22(19)23/h3-15,17H,2,16H2,1H3. The fourth-order valence-corrected chi connectivity index (χ4v) is 3.68. The first-order valence-corrected chi connectivity index (χ1v) is 8.67. The Bertz CT molecular complexity index is 976. The summed E-state index contributed by atoms with van der Waals surface area (Å²) >= 11 is 0. The fourth-order valence-electron chi connectivity index (χ4n) is 3.68. The van der Waals surface area contributed by atoms with Crippen LogP contribution in [0.2, 0.25) is 0 Å². The molecule has 118 valence electrons. The van der Waals surface area contributed by atoms with Crippen molar-refractivity contribution in [2.75, 3.05) is 0 Å². The normalized spacial score (nSPS) is 12.5. The smallest absolute Gasteiger partial charge is 0.0704 e. The lowest BCUT2D eigenvalue weighted by molar-refractivity contribution is 0.667. The highest BCUT2D eigenvalue weighted by Gasteiger charge is 2.14. The number of benzene rings is 3. The van der Waals surface area contributed by atoms with E-state index in [4.69, 9.17) is 0 Å². The Balaban J connectivity index is 1.78. The van der Waals surface area contributed by atoms with Crippen LogP contribution in [0.1, 0.15) is 30.4 Å². The van der Waals surface area contributed by atoms with Crippen LogP contribution in [0.4, 0.5) is 0 Å². The molecule has 1 atom stereocenters. The Labute approximate surface area is 143 Å². The van der Waals surface area contributed by atoms with E-state index in [1.54, 1.807) is 0 Å². The van der Waals surface area contributed by atoms with Crippen molar-refractivity contribution in [3.63, 3.8) is 0 Å². The first kappa shape index (κ1) is 14.9. The molecule has 0 radical (unpaired) electrons. The topological polar surface area (TPSA) is 12.9 Å². The zero-order valence-electron chi connectivity index (χ0n) is 13.9. The van der Waals surface area contributed by atoms with Gasteiger partial charge in [0, 0.05) is 11.6 Å². The molecule has 0 bridgehead atoms. The second kappa shape index (κ2) is 6.45. The van der Waals surface area contributed by atoms with E-state index < -0.39 is 0 Å². The van der Waals surface area contributed by atoms with Crippen molar-refractivity contribution in [2.45, 2.75) is 25.7 Å². The summed E-state index contributed by atoms with van der Waals surface area (Å²) in [4.78, 5) is 4.50. The minimum Gasteiger partial charge on any atom is -0.256 e. The summed E-state index contributed by atoms with van der Waals surface area (Å²) in [7, 11) is 0. The molecule has 0 saturated heterocycles. The van der Waals surface area contributed by atoms with Gasteiger partial charge in [-0.15, -0.1) is 0 Å². The Morgan fingerprint density at radius 1 is 0.792 bits per heavy atom. The molecular formula is C23H21N. The number of para-hydroxylation sites is 1. The van der Waals surface area contributed by atoms with Gasteiger partial charge in [0.2, 0.25) is 0 Å². The van der Waals surface area contributed by atoms with Gasteiger partial charge in [-0.05, 0) is 52.8 Å². The van der Waals surface area contributed by atoms with Crippen molar-refractivity contribution < 1.29 is 0 Å². The first-order valence-electron chi connectivity index (χ1n) is 8.67. The highest BCUT2D eigenvalue weighted by molar-refractivity contribution is 5.86. The van der Waals surface area contributed by atoms with Gasteiger partial charge in [-0.25, -0.2) is 0 Å². The van der Waals surface area contributed by atoms with Gasteiger partial charge in [0.15, 0.2) is 0 Å². The lowest BCUT2D eigenvalue weighted by atomic mass is 9.86. The molecule has 1 aromatic heterocycles. The largest absolute Gasteiger partial charge is 0.256 e. The van der Waals surface area contributed by atoms with E-state index in [0.717, 1.165) is 18.4 Å². The Hall–Kier alpha value is -2.67. The zero-order valence-corrected chi connectivity index (χ0v) is 13.9. The lowest BCUT2D eigenvalue weighted by Gasteiger charge is -2.19. The molecule has 0 fully saturated rings. The van der Waals surface area contributed by atoms with Crippen molar-refractivity contribution in [1.29, 1.82) is 0 Å². The quantitative estimate of drug-likeness (QED) is 0.442. The molecule has 4 rings (SSSR count). The van der Waals surface area contributed by atoms with Crippen LogP contribution in [0.3, 0.4) is 0 Å². The van der Waals surface area contributed by atoms with Gasteiger partial charge in [-0.1, -0.05) is 67.6 Å². The highest BCUT2D eigenvalue weighted by atomic mass is 14.6. The summed E-state index contributed by atoms with van der Waals surface area (Å²) in [5.41, 5.74) is 3.93. The predicted molar refractivity (Wildman–Crippen MR) is 102 cm³/mol. The maximum absolute atomic E-state index is 4.50. The van der Waals surface area contributed by atoms with Gasteiger partial charge >= 0.3 is 0 Å². The van der Waals surface area contributed by atoms with Gasteiger partial charge in [0.05, 0.1) is 5.52 Å². The third-order valence-electron chi connectivity index (χ3n) is 4.96. The van der Waals surface area contributed by atoms with Crippen molar-refractivity contribution >= 4 is 21.7 Å². The summed E-state index contributed by atoms with van der Waals surface area (Å²) in [5.74, 6) is 0.516. The Morgan fingerprint density at radius 2 is 1.54 bits per heavy atom. The summed E-state index contributed by atoms with van der Waals surface area (Å²) in [6.45, 7) is 2.29. The molecule has 0 aliphatic carbocycles. The van der Waals surface area contributed by atoms with Crippen LogP contribution >= 0.6 is 0 Å². The van der Waals surface area contributed by atoms with Gasteiger partial charge in [-0.3, -0.25) is 4.98 Å². The molecule has 24 heavy (non-hydrogen) atoms. The van der Waals surface area contributed by atoms with E-state index >= 15 is 0 Å². The third kappa shape index (κ3) is 2.67. The van der Waals surface area contributed by atoms with Gasteiger partial charge in [0.1, 0.15) is 0 Å². The van der Waals surface area contributed by atoms with Crippen molar-refractivity contribution in [3.8, 4) is 0 Å². The third-order valence-corrected chi connectivity index (χ3v) is 4.96. The number of pyridine rings is 1. The number of fused-ring (bicyclic) bond motifs is 2. The molecule has 0 saturated carbocycles. The SMILES string of the molecule is CCC(Cc1ccnc2ccccc12)c1cccc2ccccc12. The first-order chi connectivity index (χ1) is 11.9. The molecule has 0 N–H and O–H groups in total. The minimum atomic E-state index is 0.516. The minimum absolute atomic E-state index is 0.516. The van der Waals surface area contributed by atoms with Crippen LogP contribution in [0.15, 0.2) is 79.0 Å². The number of hydrogen-bond acceptors (Lipinski definition) is 1. The van der Waals surface area contributed by atoms with E-state index in [1.165, 1.54) is 27.3 Å². The molecule has 0 spiro atoms. The van der Waals surface area contributed by atoms with Crippen molar-refractivity contribution in [1.82, 2.24) is 4.98 Å². The monoisotopic (exact) mass is 311 g/mol. The number of hydrogen-bond donors (Lipinski definition) is 0. The highest BCUT2D eigenvalue weighted by Crippen LogP contribution is 2.32. The van der Waals surface area contributed by atoms with Crippen LogP contribution in [0.5, 0.6) is 0 Å². The van der Waals surface area contributed by atoms with E-state index in [9.17, 15) is 0 Å². The second-order valence-corrected chi connectivity index (χ2v) is 6.36. The van der Waals surface area contributed by atoms with Crippen LogP contribution in [0, 0.1) is 0 Å². The van der Waals surface area contributed by atoms with Crippen molar-refractivity contribution in [2.24, 2.45) is 0 Å². The molecule has 0 aliphatic heterocycles. The number of nitrogens with zero attached hydrogens (tertiary/aromatic N) is 1. The average Bonchev–Trinajstić information content (AvgIpc) is 2.66. The van der Waals surface area contributed by atoms with Gasteiger partial charge in [-0.2, -0.15) is 0 Å². The van der Waals surface area contributed by atoms with Crippen molar-refractivity contribution in [3.05, 3.63) is 90.1 Å². The second-order valence-electron chi connectivity index (χ2n) is 6.36. The predicted octanol–water partition coefficient (Wildman–Crippen LogP) is 6.12. The van der Waals surface area contributed by atoms with Gasteiger partial charge in [0.25, 0.3) is 0 Å². The molecule has 1 heterocycles. The molecule has 1 unspecified atom stereocenters. The Morgan fingerprint density at radius 3 is 2.42 bits per heavy atom. The average molecular weight is 311 g/mol. The molecule has 0 aliphatic rings. The van der Waals surface area contributed by atoms with E-state index in [0.29, 0.717) is 5.92 Å². The molecule has 0 amide bonds. The Kier molecular flexibility index (Phi) is 4.00. The van der Waals surface area contributed by atoms with Crippen LogP contribution in [0.25, 0.3) is 21.7 Å².